The molecule has 0 unspecified atom stereocenters. The number of benzene rings is 3. The summed E-state index contributed by atoms with van der Waals surface area (Å²) in [6, 6.07) is 16.2. The van der Waals surface area contributed by atoms with Gasteiger partial charge < -0.3 is 24.6 Å². The van der Waals surface area contributed by atoms with E-state index >= 15 is 0 Å². The Labute approximate surface area is 200 Å². The first-order valence-electron chi connectivity index (χ1n) is 10.3. The van der Waals surface area contributed by atoms with Crippen LogP contribution in [0.4, 0.5) is 5.69 Å². The fourth-order valence-corrected chi connectivity index (χ4v) is 3.62. The summed E-state index contributed by atoms with van der Waals surface area (Å²) in [6.07, 6.45) is -0.308. The summed E-state index contributed by atoms with van der Waals surface area (Å²) in [4.78, 5) is 35.3. The largest absolute Gasteiger partial charge is 0.489 e. The SMILES string of the molecule is Cc1cc(C(=O)Nc2cccc(C(=O)C(=O)O)c2)c(Cl)cc1OC[C@@H]1COc2ccccc2O1. The zero-order chi connectivity index (χ0) is 24.2. The molecule has 8 nitrogen and oxygen atoms in total. The Bertz CT molecular complexity index is 1270. The van der Waals surface area contributed by atoms with Gasteiger partial charge in [-0.2, -0.15) is 0 Å². The maximum Gasteiger partial charge on any atom is 0.377 e. The van der Waals surface area contributed by atoms with E-state index in [9.17, 15) is 14.4 Å². The van der Waals surface area contributed by atoms with Gasteiger partial charge in [0.1, 0.15) is 19.0 Å². The Morgan fingerprint density at radius 3 is 2.62 bits per heavy atom. The van der Waals surface area contributed by atoms with Gasteiger partial charge in [-0.05, 0) is 48.9 Å². The number of carbonyl (C=O) groups is 3. The number of carbonyl (C=O) groups excluding carboxylic acids is 2. The van der Waals surface area contributed by atoms with E-state index < -0.39 is 17.7 Å². The highest BCUT2D eigenvalue weighted by molar-refractivity contribution is 6.40. The van der Waals surface area contributed by atoms with Crippen molar-refractivity contribution >= 4 is 34.9 Å². The van der Waals surface area contributed by atoms with Crippen molar-refractivity contribution < 1.29 is 33.7 Å². The van der Waals surface area contributed by atoms with Gasteiger partial charge in [-0.3, -0.25) is 9.59 Å². The summed E-state index contributed by atoms with van der Waals surface area (Å²) in [5, 5.41) is 11.7. The van der Waals surface area contributed by atoms with E-state index in [-0.39, 0.29) is 34.5 Å². The fourth-order valence-electron chi connectivity index (χ4n) is 3.38. The van der Waals surface area contributed by atoms with Crippen molar-refractivity contribution in [3.05, 3.63) is 82.4 Å². The number of rotatable bonds is 7. The first-order chi connectivity index (χ1) is 16.3. The molecule has 0 saturated carbocycles. The third-order valence-corrected chi connectivity index (χ3v) is 5.39. The number of hydrogen-bond donors (Lipinski definition) is 2. The van der Waals surface area contributed by atoms with Gasteiger partial charge in [-0.15, -0.1) is 0 Å². The lowest BCUT2D eigenvalue weighted by Gasteiger charge is -2.26. The quantitative estimate of drug-likeness (QED) is 0.380. The van der Waals surface area contributed by atoms with Crippen LogP contribution in [0.15, 0.2) is 60.7 Å². The highest BCUT2D eigenvalue weighted by Gasteiger charge is 2.22. The van der Waals surface area contributed by atoms with Crippen molar-refractivity contribution in [2.75, 3.05) is 18.5 Å². The van der Waals surface area contributed by atoms with E-state index in [2.05, 4.69) is 5.32 Å². The van der Waals surface area contributed by atoms with Gasteiger partial charge in [0.05, 0.1) is 10.6 Å². The number of carboxylic acid groups (broad SMARTS) is 1. The Balaban J connectivity index is 1.42. The van der Waals surface area contributed by atoms with Crippen LogP contribution in [0.1, 0.15) is 26.3 Å². The van der Waals surface area contributed by atoms with Crippen molar-refractivity contribution in [1.29, 1.82) is 0 Å². The molecule has 1 atom stereocenters. The lowest BCUT2D eigenvalue weighted by Crippen LogP contribution is -2.34. The first kappa shape index (κ1) is 23.1. The fraction of sp³-hybridized carbons (Fsp3) is 0.160. The number of nitrogens with one attached hydrogen (secondary N) is 1. The highest BCUT2D eigenvalue weighted by Crippen LogP contribution is 2.32. The van der Waals surface area contributed by atoms with Crippen LogP contribution < -0.4 is 19.5 Å². The summed E-state index contributed by atoms with van der Waals surface area (Å²) in [6.45, 7) is 2.34. The minimum Gasteiger partial charge on any atom is -0.489 e. The molecule has 1 aliphatic rings. The molecule has 0 aromatic heterocycles. The van der Waals surface area contributed by atoms with Gasteiger partial charge in [-0.1, -0.05) is 35.9 Å². The topological polar surface area (TPSA) is 111 Å². The molecule has 9 heteroatoms. The minimum absolute atomic E-state index is 0.0483. The molecule has 0 bridgehead atoms. The molecule has 0 saturated heterocycles. The lowest BCUT2D eigenvalue weighted by atomic mass is 10.1. The molecule has 174 valence electrons. The van der Waals surface area contributed by atoms with Crippen LogP contribution in [0.5, 0.6) is 17.2 Å². The lowest BCUT2D eigenvalue weighted by molar-refractivity contribution is -0.131. The number of halogens is 1. The number of Topliss-reactive ketones (excluding diaryl/α,β-unsaturated/α-hetero) is 1. The molecular formula is C25H20ClNO7. The molecule has 3 aromatic rings. The van der Waals surface area contributed by atoms with Crippen molar-refractivity contribution in [3.63, 3.8) is 0 Å². The van der Waals surface area contributed by atoms with Crippen LogP contribution in [-0.4, -0.2) is 42.1 Å². The Hall–Kier alpha value is -4.04. The summed E-state index contributed by atoms with van der Waals surface area (Å²) in [7, 11) is 0. The van der Waals surface area contributed by atoms with Gasteiger partial charge in [0.15, 0.2) is 17.6 Å². The summed E-state index contributed by atoms with van der Waals surface area (Å²) in [5.74, 6) is -1.32. The average Bonchev–Trinajstić information content (AvgIpc) is 2.83. The second kappa shape index (κ2) is 9.84. The van der Waals surface area contributed by atoms with Gasteiger partial charge in [0.2, 0.25) is 0 Å². The molecule has 1 heterocycles. The smallest absolute Gasteiger partial charge is 0.377 e. The van der Waals surface area contributed by atoms with Crippen LogP contribution in [0.3, 0.4) is 0 Å². The molecule has 0 spiro atoms. The molecule has 1 aliphatic heterocycles. The number of hydrogen-bond acceptors (Lipinski definition) is 6. The first-order valence-corrected chi connectivity index (χ1v) is 10.7. The van der Waals surface area contributed by atoms with Gasteiger partial charge >= 0.3 is 5.97 Å². The third-order valence-electron chi connectivity index (χ3n) is 5.08. The molecule has 0 radical (unpaired) electrons. The molecule has 2 N–H and O–H groups in total. The van der Waals surface area contributed by atoms with E-state index in [0.717, 1.165) is 0 Å². The normalized spacial score (nSPS) is 14.2. The van der Waals surface area contributed by atoms with Crippen molar-refractivity contribution in [3.8, 4) is 17.2 Å². The molecule has 0 aliphatic carbocycles. The van der Waals surface area contributed by atoms with E-state index in [1.807, 2.05) is 24.3 Å². The number of amides is 1. The van der Waals surface area contributed by atoms with E-state index in [1.54, 1.807) is 25.1 Å². The van der Waals surface area contributed by atoms with Crippen LogP contribution >= 0.6 is 11.6 Å². The second-order valence-corrected chi connectivity index (χ2v) is 7.98. The van der Waals surface area contributed by atoms with Crippen molar-refractivity contribution in [2.24, 2.45) is 0 Å². The Kier molecular flexibility index (Phi) is 6.70. The summed E-state index contributed by atoms with van der Waals surface area (Å²) < 4.78 is 17.4. The number of para-hydroxylation sites is 2. The van der Waals surface area contributed by atoms with Crippen LogP contribution in [0, 0.1) is 6.92 Å². The average molecular weight is 482 g/mol. The maximum absolute atomic E-state index is 12.8. The van der Waals surface area contributed by atoms with Gasteiger partial charge in [0, 0.05) is 11.3 Å². The number of aryl methyl sites for hydroxylation is 1. The Morgan fingerprint density at radius 1 is 1.09 bits per heavy atom. The van der Waals surface area contributed by atoms with Gasteiger partial charge in [0.25, 0.3) is 11.7 Å². The second-order valence-electron chi connectivity index (χ2n) is 7.58. The van der Waals surface area contributed by atoms with Crippen molar-refractivity contribution in [1.82, 2.24) is 0 Å². The summed E-state index contributed by atoms with van der Waals surface area (Å²) >= 11 is 6.35. The minimum atomic E-state index is -1.58. The molecule has 1 amide bonds. The van der Waals surface area contributed by atoms with Crippen LogP contribution in [-0.2, 0) is 4.79 Å². The maximum atomic E-state index is 12.8. The van der Waals surface area contributed by atoms with Gasteiger partial charge in [-0.25, -0.2) is 4.79 Å². The zero-order valence-electron chi connectivity index (χ0n) is 18.0. The highest BCUT2D eigenvalue weighted by atomic mass is 35.5. The standard InChI is InChI=1S/C25H20ClNO7/c1-14-9-18(24(29)27-16-6-4-5-15(10-16)23(28)25(30)31)19(26)11-22(14)33-13-17-12-32-20-7-2-3-8-21(20)34-17/h2-11,17H,12-13H2,1H3,(H,27,29)(H,30,31)/t17-/m0/s1. The monoisotopic (exact) mass is 481 g/mol. The molecular weight excluding hydrogens is 462 g/mol. The van der Waals surface area contributed by atoms with E-state index in [0.29, 0.717) is 29.4 Å². The predicted molar refractivity (Wildman–Crippen MR) is 124 cm³/mol. The van der Waals surface area contributed by atoms with E-state index in [4.69, 9.17) is 30.9 Å². The van der Waals surface area contributed by atoms with E-state index in [1.165, 1.54) is 18.2 Å². The number of aliphatic carboxylic acids is 1. The number of carboxylic acids is 1. The van der Waals surface area contributed by atoms with Crippen molar-refractivity contribution in [2.45, 2.75) is 13.0 Å². The summed E-state index contributed by atoms with van der Waals surface area (Å²) in [5.41, 5.74) is 1.10. The molecule has 34 heavy (non-hydrogen) atoms. The molecule has 3 aromatic carbocycles. The molecule has 0 fully saturated rings. The van der Waals surface area contributed by atoms with Crippen LogP contribution in [0.2, 0.25) is 5.02 Å². The number of anilines is 1. The number of ketones is 1. The number of ether oxygens (including phenoxy) is 3. The Morgan fingerprint density at radius 2 is 1.85 bits per heavy atom. The number of fused-ring (bicyclic) bond motifs is 1. The molecule has 4 rings (SSSR count). The zero-order valence-corrected chi connectivity index (χ0v) is 18.8. The third kappa shape index (κ3) is 5.13. The predicted octanol–water partition coefficient (Wildman–Crippen LogP) is 4.39. The van der Waals surface area contributed by atoms with Crippen LogP contribution in [0.25, 0.3) is 0 Å².